The summed E-state index contributed by atoms with van der Waals surface area (Å²) in [7, 11) is 2.17. The molecule has 0 spiro atoms. The molecule has 27 heavy (non-hydrogen) atoms. The molecule has 0 bridgehead atoms. The highest BCUT2D eigenvalue weighted by molar-refractivity contribution is 5.89. The summed E-state index contributed by atoms with van der Waals surface area (Å²) in [6.07, 6.45) is 11.8. The van der Waals surface area contributed by atoms with Gasteiger partial charge < -0.3 is 9.47 Å². The van der Waals surface area contributed by atoms with E-state index in [2.05, 4.69) is 38.7 Å². The van der Waals surface area contributed by atoms with Gasteiger partial charge in [-0.3, -0.25) is 4.98 Å². The molecule has 0 atom stereocenters. The van der Waals surface area contributed by atoms with E-state index in [-0.39, 0.29) is 0 Å². The Kier molecular flexibility index (Phi) is 4.05. The maximum atomic E-state index is 13.3. The van der Waals surface area contributed by atoms with Crippen LogP contribution >= 0.6 is 0 Å². The number of aromatic nitrogens is 3. The smallest absolute Gasteiger partial charge is 0.144 e. The first-order valence-electron chi connectivity index (χ1n) is 9.63. The molecule has 5 rings (SSSR count). The van der Waals surface area contributed by atoms with Crippen LogP contribution in [0.1, 0.15) is 34.4 Å². The zero-order valence-corrected chi connectivity index (χ0v) is 15.6. The van der Waals surface area contributed by atoms with Crippen LogP contribution < -0.4 is 0 Å². The number of hydrogen-bond acceptors (Lipinski definition) is 3. The third kappa shape index (κ3) is 2.77. The van der Waals surface area contributed by atoms with Crippen molar-refractivity contribution >= 4 is 22.8 Å². The fraction of sp³-hybridized carbons (Fsp3) is 0.364. The van der Waals surface area contributed by atoms with Crippen molar-refractivity contribution in [2.45, 2.75) is 32.4 Å². The summed E-state index contributed by atoms with van der Waals surface area (Å²) < 4.78 is 15.5. The Hall–Kier alpha value is -2.53. The van der Waals surface area contributed by atoms with Crippen molar-refractivity contribution in [3.63, 3.8) is 0 Å². The molecule has 1 aliphatic heterocycles. The lowest BCUT2D eigenvalue weighted by atomic mass is 10.1. The van der Waals surface area contributed by atoms with Gasteiger partial charge in [-0.15, -0.1) is 0 Å². The fourth-order valence-corrected chi connectivity index (χ4v) is 4.45. The lowest BCUT2D eigenvalue weighted by molar-refractivity contribution is 0.351. The van der Waals surface area contributed by atoms with Crippen LogP contribution in [0.3, 0.4) is 0 Å². The van der Waals surface area contributed by atoms with Gasteiger partial charge in [0.15, 0.2) is 0 Å². The van der Waals surface area contributed by atoms with Crippen LogP contribution in [0.25, 0.3) is 22.8 Å². The van der Waals surface area contributed by atoms with Crippen molar-refractivity contribution in [2.24, 2.45) is 0 Å². The minimum Gasteiger partial charge on any atom is -0.306 e. The lowest BCUT2D eigenvalue weighted by Gasteiger charge is -2.12. The summed E-state index contributed by atoms with van der Waals surface area (Å²) in [4.78, 5) is 11.3. The molecular formula is C22H23FN4. The number of allylic oxidation sites excluding steroid dienone is 1. The van der Waals surface area contributed by atoms with E-state index in [1.165, 1.54) is 28.0 Å². The van der Waals surface area contributed by atoms with E-state index < -0.39 is 6.67 Å². The van der Waals surface area contributed by atoms with Gasteiger partial charge >= 0.3 is 0 Å². The molecule has 3 aromatic heterocycles. The molecule has 0 aromatic carbocycles. The van der Waals surface area contributed by atoms with Gasteiger partial charge in [0.2, 0.25) is 0 Å². The Balaban J connectivity index is 1.71. The van der Waals surface area contributed by atoms with Crippen LogP contribution in [0.5, 0.6) is 0 Å². The number of fused-ring (bicyclic) bond motifs is 4. The second-order valence-corrected chi connectivity index (χ2v) is 7.63. The maximum absolute atomic E-state index is 13.3. The maximum Gasteiger partial charge on any atom is 0.144 e. The zero-order valence-electron chi connectivity index (χ0n) is 15.6. The van der Waals surface area contributed by atoms with Crippen molar-refractivity contribution in [1.29, 1.82) is 0 Å². The Morgan fingerprint density at radius 1 is 1.15 bits per heavy atom. The van der Waals surface area contributed by atoms with E-state index in [0.717, 1.165) is 49.8 Å². The molecule has 0 fully saturated rings. The summed E-state index contributed by atoms with van der Waals surface area (Å²) in [6.45, 7) is 1.59. The molecule has 0 unspecified atom stereocenters. The van der Waals surface area contributed by atoms with Crippen LogP contribution in [0.15, 0.2) is 30.7 Å². The van der Waals surface area contributed by atoms with Crippen LogP contribution in [0, 0.1) is 0 Å². The summed E-state index contributed by atoms with van der Waals surface area (Å²) in [5.74, 6) is 0. The zero-order chi connectivity index (χ0) is 18.4. The third-order valence-corrected chi connectivity index (χ3v) is 5.94. The predicted octanol–water partition coefficient (Wildman–Crippen LogP) is 3.88. The number of pyridine rings is 2. The molecule has 0 amide bonds. The van der Waals surface area contributed by atoms with Gasteiger partial charge in [-0.25, -0.2) is 9.37 Å². The summed E-state index contributed by atoms with van der Waals surface area (Å²) in [6, 6.07) is 4.11. The fourth-order valence-electron chi connectivity index (χ4n) is 4.45. The van der Waals surface area contributed by atoms with Crippen LogP contribution in [0.4, 0.5) is 4.39 Å². The van der Waals surface area contributed by atoms with E-state index in [4.69, 9.17) is 0 Å². The van der Waals surface area contributed by atoms with Gasteiger partial charge in [0.1, 0.15) is 12.3 Å². The van der Waals surface area contributed by atoms with Gasteiger partial charge in [0.05, 0.1) is 0 Å². The van der Waals surface area contributed by atoms with Gasteiger partial charge in [0, 0.05) is 60.9 Å². The Bertz CT molecular complexity index is 1050. The largest absolute Gasteiger partial charge is 0.306 e. The minimum atomic E-state index is -0.468. The molecule has 0 saturated heterocycles. The second-order valence-electron chi connectivity index (χ2n) is 7.63. The van der Waals surface area contributed by atoms with Crippen LogP contribution in [0.2, 0.25) is 0 Å². The number of likely N-dealkylation sites (N-methyl/N-ethyl adjacent to an activating group) is 1. The quantitative estimate of drug-likeness (QED) is 0.694. The molecule has 5 heteroatoms. The van der Waals surface area contributed by atoms with E-state index in [9.17, 15) is 4.39 Å². The number of rotatable bonds is 2. The number of hydrogen-bond donors (Lipinski definition) is 0. The van der Waals surface area contributed by atoms with Crippen molar-refractivity contribution in [3.05, 3.63) is 58.7 Å². The Morgan fingerprint density at radius 3 is 2.93 bits per heavy atom. The topological polar surface area (TPSA) is 34.0 Å². The summed E-state index contributed by atoms with van der Waals surface area (Å²) in [5, 5.41) is 1.11. The van der Waals surface area contributed by atoms with Crippen molar-refractivity contribution < 1.29 is 4.39 Å². The van der Waals surface area contributed by atoms with Crippen molar-refractivity contribution in [1.82, 2.24) is 19.4 Å². The number of halogens is 1. The van der Waals surface area contributed by atoms with E-state index >= 15 is 0 Å². The molecule has 4 nitrogen and oxygen atoms in total. The monoisotopic (exact) mass is 362 g/mol. The third-order valence-electron chi connectivity index (χ3n) is 5.94. The Labute approximate surface area is 158 Å². The van der Waals surface area contributed by atoms with E-state index in [1.54, 1.807) is 6.20 Å². The molecular weight excluding hydrogens is 339 g/mol. The van der Waals surface area contributed by atoms with Crippen LogP contribution in [-0.4, -0.2) is 39.6 Å². The molecule has 138 valence electrons. The normalized spacial score (nSPS) is 18.7. The molecule has 0 N–H and O–H groups in total. The number of nitrogens with zero attached hydrogens (tertiary/aromatic N) is 4. The Morgan fingerprint density at radius 2 is 2.04 bits per heavy atom. The van der Waals surface area contributed by atoms with Crippen LogP contribution in [-0.2, 0) is 25.9 Å². The minimum absolute atomic E-state index is 0.468. The number of aryl methyl sites for hydroxylation is 1. The predicted molar refractivity (Wildman–Crippen MR) is 106 cm³/mol. The van der Waals surface area contributed by atoms with Gasteiger partial charge in [-0.05, 0) is 60.7 Å². The van der Waals surface area contributed by atoms with Crippen molar-refractivity contribution in [3.8, 4) is 0 Å². The summed E-state index contributed by atoms with van der Waals surface area (Å²) >= 11 is 0. The first kappa shape index (κ1) is 16.6. The van der Waals surface area contributed by atoms with E-state index in [0.29, 0.717) is 5.56 Å². The molecule has 0 radical (unpaired) electrons. The second kappa shape index (κ2) is 6.57. The highest BCUT2D eigenvalue weighted by atomic mass is 19.1. The van der Waals surface area contributed by atoms with E-state index in [1.807, 2.05) is 18.5 Å². The number of alkyl halides is 1. The van der Waals surface area contributed by atoms with Gasteiger partial charge in [-0.1, -0.05) is 0 Å². The first-order chi connectivity index (χ1) is 13.2. The standard InChI is InChI=1S/C22H23FN4/c1-26-8-5-19-20-10-15(11-23)12-25-22(20)27(21(19)6-9-26)14-17-3-2-16-13-24-7-4-18(16)17/h4,7,10,12-14H,2-3,5-6,8-9,11H2,1H3/b17-14+. The molecule has 2 aliphatic rings. The van der Waals surface area contributed by atoms with Crippen molar-refractivity contribution in [2.75, 3.05) is 20.1 Å². The lowest BCUT2D eigenvalue weighted by Crippen LogP contribution is -2.21. The van der Waals surface area contributed by atoms with Gasteiger partial charge in [0.25, 0.3) is 0 Å². The summed E-state index contributed by atoms with van der Waals surface area (Å²) in [5.41, 5.74) is 8.23. The molecule has 0 saturated carbocycles. The SMILES string of the molecule is CN1CCc2c(n(/C=C3\CCc4cnccc43)c3ncc(CF)cc23)CC1. The average Bonchev–Trinajstić information content (AvgIpc) is 3.17. The molecule has 4 heterocycles. The highest BCUT2D eigenvalue weighted by Gasteiger charge is 2.23. The average molecular weight is 362 g/mol. The van der Waals surface area contributed by atoms with Gasteiger partial charge in [-0.2, -0.15) is 0 Å². The highest BCUT2D eigenvalue weighted by Crippen LogP contribution is 2.35. The molecule has 3 aromatic rings. The molecule has 1 aliphatic carbocycles. The first-order valence-corrected chi connectivity index (χ1v) is 9.63.